The lowest BCUT2D eigenvalue weighted by Crippen LogP contribution is -2.45. The Bertz CT molecular complexity index is 483. The molecular weight excluding hydrogens is 452 g/mol. The zero-order chi connectivity index (χ0) is 15.2. The molecule has 21 heavy (non-hydrogen) atoms. The fourth-order valence-electron chi connectivity index (χ4n) is 1.42. The van der Waals surface area contributed by atoms with Gasteiger partial charge in [0.2, 0.25) is 0 Å². The number of aliphatic imine (C=N–C) groups is 1. The van der Waals surface area contributed by atoms with E-state index in [1.165, 1.54) is 6.07 Å². The maximum atomic E-state index is 13.4. The van der Waals surface area contributed by atoms with E-state index in [9.17, 15) is 4.39 Å². The van der Waals surface area contributed by atoms with E-state index in [0.717, 1.165) is 5.56 Å². The first-order valence-corrected chi connectivity index (χ1v) is 7.11. The predicted molar refractivity (Wildman–Crippen MR) is 98.8 cm³/mol. The largest absolute Gasteiger partial charge is 0.377 e. The number of methoxy groups -OCH3 is 1. The highest BCUT2D eigenvalue weighted by atomic mass is 127. The normalized spacial score (nSPS) is 11.8. The standard InChI is InChI=1S/C14H21BrFN3O.HI/c1-14(2,20-4)9-19-13(17-3)18-8-10-5-6-11(15)12(16)7-10;/h5-7H,8-9H2,1-4H3,(H2,17,18,19);1H. The van der Waals surface area contributed by atoms with Crippen LogP contribution in [0.2, 0.25) is 0 Å². The fourth-order valence-corrected chi connectivity index (χ4v) is 1.67. The van der Waals surface area contributed by atoms with E-state index in [1.807, 2.05) is 19.9 Å². The predicted octanol–water partition coefficient (Wildman–Crippen LogP) is 3.30. The minimum absolute atomic E-state index is 0. The molecule has 0 amide bonds. The zero-order valence-electron chi connectivity index (χ0n) is 12.7. The monoisotopic (exact) mass is 473 g/mol. The maximum absolute atomic E-state index is 13.4. The third kappa shape index (κ3) is 7.42. The molecule has 0 unspecified atom stereocenters. The number of ether oxygens (including phenoxy) is 1. The molecule has 1 rings (SSSR count). The van der Waals surface area contributed by atoms with Crippen molar-refractivity contribution in [1.82, 2.24) is 10.6 Å². The molecule has 4 nitrogen and oxygen atoms in total. The van der Waals surface area contributed by atoms with E-state index in [1.54, 1.807) is 20.2 Å². The highest BCUT2D eigenvalue weighted by Gasteiger charge is 2.16. The van der Waals surface area contributed by atoms with Crippen LogP contribution in [0.1, 0.15) is 19.4 Å². The molecule has 0 aliphatic rings. The Morgan fingerprint density at radius 3 is 2.57 bits per heavy atom. The van der Waals surface area contributed by atoms with Crippen LogP contribution in [0.25, 0.3) is 0 Å². The summed E-state index contributed by atoms with van der Waals surface area (Å²) in [4.78, 5) is 4.12. The second-order valence-electron chi connectivity index (χ2n) is 4.99. The van der Waals surface area contributed by atoms with Gasteiger partial charge < -0.3 is 15.4 Å². The van der Waals surface area contributed by atoms with Crippen molar-refractivity contribution in [2.24, 2.45) is 4.99 Å². The summed E-state index contributed by atoms with van der Waals surface area (Å²) in [5, 5.41) is 6.30. The van der Waals surface area contributed by atoms with Crippen LogP contribution in [0.15, 0.2) is 27.7 Å². The van der Waals surface area contributed by atoms with Crippen molar-refractivity contribution in [3.63, 3.8) is 0 Å². The van der Waals surface area contributed by atoms with Crippen LogP contribution in [0.3, 0.4) is 0 Å². The molecule has 1 aromatic carbocycles. The maximum Gasteiger partial charge on any atom is 0.191 e. The number of rotatable bonds is 5. The van der Waals surface area contributed by atoms with Crippen molar-refractivity contribution in [2.45, 2.75) is 26.0 Å². The third-order valence-electron chi connectivity index (χ3n) is 2.90. The minimum Gasteiger partial charge on any atom is -0.377 e. The second-order valence-corrected chi connectivity index (χ2v) is 5.85. The van der Waals surface area contributed by atoms with Gasteiger partial charge in [0, 0.05) is 27.2 Å². The molecule has 1 aromatic rings. The first kappa shape index (κ1) is 20.6. The molecular formula is C14H22BrFIN3O. The lowest BCUT2D eigenvalue weighted by Gasteiger charge is -2.24. The summed E-state index contributed by atoms with van der Waals surface area (Å²) in [6.45, 7) is 5.09. The number of hydrogen-bond acceptors (Lipinski definition) is 2. The Hall–Kier alpha value is -0.410. The molecule has 0 aliphatic heterocycles. The van der Waals surface area contributed by atoms with E-state index in [0.29, 0.717) is 23.5 Å². The van der Waals surface area contributed by atoms with Crippen molar-refractivity contribution < 1.29 is 9.13 Å². The fraction of sp³-hybridized carbons (Fsp3) is 0.500. The minimum atomic E-state index is -0.276. The smallest absolute Gasteiger partial charge is 0.191 e. The van der Waals surface area contributed by atoms with E-state index in [-0.39, 0.29) is 35.4 Å². The quantitative estimate of drug-likeness (QED) is 0.392. The van der Waals surface area contributed by atoms with Crippen LogP contribution in [-0.2, 0) is 11.3 Å². The van der Waals surface area contributed by atoms with Gasteiger partial charge in [-0.2, -0.15) is 0 Å². The highest BCUT2D eigenvalue weighted by molar-refractivity contribution is 14.0. The average molecular weight is 474 g/mol. The number of guanidine groups is 1. The molecule has 0 aromatic heterocycles. The SMILES string of the molecule is CN=C(NCc1ccc(Br)c(F)c1)NCC(C)(C)OC.I. The molecule has 0 atom stereocenters. The van der Waals surface area contributed by atoms with Crippen LogP contribution in [-0.4, -0.2) is 32.3 Å². The summed E-state index contributed by atoms with van der Waals surface area (Å²) in [5.41, 5.74) is 0.570. The van der Waals surface area contributed by atoms with Gasteiger partial charge in [0.1, 0.15) is 5.82 Å². The van der Waals surface area contributed by atoms with Crippen molar-refractivity contribution >= 4 is 45.9 Å². The average Bonchev–Trinajstić information content (AvgIpc) is 2.42. The lowest BCUT2D eigenvalue weighted by molar-refractivity contribution is 0.0268. The van der Waals surface area contributed by atoms with Crippen molar-refractivity contribution in [3.8, 4) is 0 Å². The summed E-state index contributed by atoms with van der Waals surface area (Å²) >= 11 is 3.13. The molecule has 0 fully saturated rings. The summed E-state index contributed by atoms with van der Waals surface area (Å²) in [7, 11) is 3.36. The van der Waals surface area contributed by atoms with Crippen molar-refractivity contribution in [2.75, 3.05) is 20.7 Å². The van der Waals surface area contributed by atoms with Gasteiger partial charge in [-0.3, -0.25) is 4.99 Å². The van der Waals surface area contributed by atoms with E-state index >= 15 is 0 Å². The zero-order valence-corrected chi connectivity index (χ0v) is 16.6. The van der Waals surface area contributed by atoms with Crippen LogP contribution in [0.5, 0.6) is 0 Å². The Morgan fingerprint density at radius 2 is 2.05 bits per heavy atom. The van der Waals surface area contributed by atoms with Gasteiger partial charge >= 0.3 is 0 Å². The third-order valence-corrected chi connectivity index (χ3v) is 3.54. The van der Waals surface area contributed by atoms with Crippen LogP contribution in [0.4, 0.5) is 4.39 Å². The molecule has 0 saturated carbocycles. The Balaban J connectivity index is 0.00000400. The summed E-state index contributed by atoms with van der Waals surface area (Å²) in [6, 6.07) is 5.03. The van der Waals surface area contributed by atoms with Crippen LogP contribution in [0, 0.1) is 5.82 Å². The molecule has 0 aliphatic carbocycles. The van der Waals surface area contributed by atoms with Gasteiger partial charge in [-0.05, 0) is 47.5 Å². The first-order chi connectivity index (χ1) is 9.38. The molecule has 0 saturated heterocycles. The van der Waals surface area contributed by atoms with Gasteiger partial charge in [0.25, 0.3) is 0 Å². The van der Waals surface area contributed by atoms with E-state index in [2.05, 4.69) is 31.6 Å². The summed E-state index contributed by atoms with van der Waals surface area (Å²) in [5.74, 6) is 0.381. The number of halogens is 3. The molecule has 0 spiro atoms. The summed E-state index contributed by atoms with van der Waals surface area (Å²) < 4.78 is 19.2. The number of hydrogen-bond donors (Lipinski definition) is 2. The van der Waals surface area contributed by atoms with Gasteiger partial charge in [-0.15, -0.1) is 24.0 Å². The molecule has 2 N–H and O–H groups in total. The molecule has 0 heterocycles. The van der Waals surface area contributed by atoms with Gasteiger partial charge in [-0.25, -0.2) is 4.39 Å². The van der Waals surface area contributed by atoms with Crippen LogP contribution < -0.4 is 10.6 Å². The molecule has 120 valence electrons. The second kappa shape index (κ2) is 9.58. The van der Waals surface area contributed by atoms with Gasteiger partial charge in [-0.1, -0.05) is 6.07 Å². The van der Waals surface area contributed by atoms with E-state index < -0.39 is 0 Å². The Kier molecular flexibility index (Phi) is 9.39. The van der Waals surface area contributed by atoms with E-state index in [4.69, 9.17) is 4.74 Å². The lowest BCUT2D eigenvalue weighted by atomic mass is 10.1. The van der Waals surface area contributed by atoms with Crippen molar-refractivity contribution in [1.29, 1.82) is 0 Å². The molecule has 0 bridgehead atoms. The summed E-state index contributed by atoms with van der Waals surface area (Å²) in [6.07, 6.45) is 0. The van der Waals surface area contributed by atoms with Crippen molar-refractivity contribution in [3.05, 3.63) is 34.1 Å². The molecule has 7 heteroatoms. The van der Waals surface area contributed by atoms with Gasteiger partial charge in [0.05, 0.1) is 10.1 Å². The Morgan fingerprint density at radius 1 is 1.38 bits per heavy atom. The first-order valence-electron chi connectivity index (χ1n) is 6.31. The number of nitrogens with zero attached hydrogens (tertiary/aromatic N) is 1. The van der Waals surface area contributed by atoms with Crippen LogP contribution >= 0.6 is 39.9 Å². The highest BCUT2D eigenvalue weighted by Crippen LogP contribution is 2.16. The molecule has 0 radical (unpaired) electrons. The number of nitrogens with one attached hydrogen (secondary N) is 2. The Labute approximate surface area is 151 Å². The van der Waals surface area contributed by atoms with Gasteiger partial charge in [0.15, 0.2) is 5.96 Å². The number of benzene rings is 1. The topological polar surface area (TPSA) is 45.7 Å².